The highest BCUT2D eigenvalue weighted by atomic mass is 16.1. The monoisotopic (exact) mass is 215 g/mol. The predicted octanol–water partition coefficient (Wildman–Crippen LogP) is 0.721. The molecule has 3 heterocycles. The minimum Gasteiger partial charge on any atom is -0.344 e. The molecule has 0 saturated carbocycles. The number of nitrogens with zero attached hydrogens (tertiary/aromatic N) is 3. The van der Waals surface area contributed by atoms with Crippen molar-refractivity contribution in [2.24, 2.45) is 0 Å². The molecule has 0 aromatic carbocycles. The third kappa shape index (κ3) is 1.16. The standard InChI is InChI=1S/C10H9N5O/c1-6-8(9-11-3-4-12-9)10-13-7(16)2-5-15(10)14-6/h2-5H,1H3,(H,11,12)(H,13,16). The van der Waals surface area contributed by atoms with Crippen molar-refractivity contribution in [2.75, 3.05) is 0 Å². The summed E-state index contributed by atoms with van der Waals surface area (Å²) in [6, 6.07) is 1.44. The van der Waals surface area contributed by atoms with Crippen LogP contribution >= 0.6 is 0 Å². The molecule has 0 atom stereocenters. The smallest absolute Gasteiger partial charge is 0.251 e. The fourth-order valence-corrected chi connectivity index (χ4v) is 1.76. The number of aryl methyl sites for hydroxylation is 1. The molecule has 0 unspecified atom stereocenters. The second-order valence-corrected chi connectivity index (χ2v) is 3.50. The van der Waals surface area contributed by atoms with Gasteiger partial charge in [-0.15, -0.1) is 0 Å². The van der Waals surface area contributed by atoms with Gasteiger partial charge in [0.15, 0.2) is 0 Å². The average molecular weight is 215 g/mol. The summed E-state index contributed by atoms with van der Waals surface area (Å²) in [5.41, 5.74) is 2.14. The summed E-state index contributed by atoms with van der Waals surface area (Å²) < 4.78 is 1.63. The molecule has 3 rings (SSSR count). The first-order chi connectivity index (χ1) is 7.75. The molecule has 16 heavy (non-hydrogen) atoms. The normalized spacial score (nSPS) is 11.1. The molecule has 0 aliphatic carbocycles. The molecule has 0 fully saturated rings. The zero-order chi connectivity index (χ0) is 11.1. The minimum absolute atomic E-state index is 0.153. The fourth-order valence-electron chi connectivity index (χ4n) is 1.76. The molecule has 6 nitrogen and oxygen atoms in total. The summed E-state index contributed by atoms with van der Waals surface area (Å²) in [5.74, 6) is 0.703. The Labute approximate surface area is 90.0 Å². The van der Waals surface area contributed by atoms with Gasteiger partial charge in [0.1, 0.15) is 11.5 Å². The van der Waals surface area contributed by atoms with Crippen molar-refractivity contribution in [1.82, 2.24) is 24.6 Å². The van der Waals surface area contributed by atoms with E-state index in [4.69, 9.17) is 0 Å². The Morgan fingerprint density at radius 3 is 3.06 bits per heavy atom. The SMILES string of the molecule is Cc1nn2ccc(=O)[nH]c2c1-c1ncc[nH]1. The van der Waals surface area contributed by atoms with Gasteiger partial charge in [-0.25, -0.2) is 9.50 Å². The number of rotatable bonds is 1. The maximum Gasteiger partial charge on any atom is 0.251 e. The second-order valence-electron chi connectivity index (χ2n) is 3.50. The Morgan fingerprint density at radius 1 is 1.44 bits per heavy atom. The van der Waals surface area contributed by atoms with Crippen LogP contribution in [-0.4, -0.2) is 24.6 Å². The van der Waals surface area contributed by atoms with Crippen LogP contribution in [0.5, 0.6) is 0 Å². The van der Waals surface area contributed by atoms with Crippen LogP contribution in [0, 0.1) is 6.92 Å². The van der Waals surface area contributed by atoms with Crippen LogP contribution in [0.1, 0.15) is 5.69 Å². The molecule has 0 bridgehead atoms. The van der Waals surface area contributed by atoms with Crippen LogP contribution in [0.3, 0.4) is 0 Å². The first-order valence-corrected chi connectivity index (χ1v) is 4.84. The zero-order valence-corrected chi connectivity index (χ0v) is 8.56. The van der Waals surface area contributed by atoms with E-state index >= 15 is 0 Å². The Bertz CT molecular complexity index is 692. The number of hydrogen-bond donors (Lipinski definition) is 2. The molecule has 0 radical (unpaired) electrons. The quantitative estimate of drug-likeness (QED) is 0.627. The van der Waals surface area contributed by atoms with Gasteiger partial charge in [0.2, 0.25) is 0 Å². The third-order valence-corrected chi connectivity index (χ3v) is 2.43. The van der Waals surface area contributed by atoms with Gasteiger partial charge in [0.05, 0.1) is 11.3 Å². The molecule has 2 N–H and O–H groups in total. The summed E-state index contributed by atoms with van der Waals surface area (Å²) in [6.07, 6.45) is 5.03. The van der Waals surface area contributed by atoms with E-state index in [1.54, 1.807) is 23.1 Å². The first-order valence-electron chi connectivity index (χ1n) is 4.84. The van der Waals surface area contributed by atoms with Gasteiger partial charge in [-0.2, -0.15) is 5.10 Å². The van der Waals surface area contributed by atoms with Crippen molar-refractivity contribution in [1.29, 1.82) is 0 Å². The summed E-state index contributed by atoms with van der Waals surface area (Å²) >= 11 is 0. The maximum absolute atomic E-state index is 11.3. The zero-order valence-electron chi connectivity index (χ0n) is 8.56. The summed E-state index contributed by atoms with van der Waals surface area (Å²) in [5, 5.41) is 4.30. The number of H-pyrrole nitrogens is 2. The number of nitrogens with one attached hydrogen (secondary N) is 2. The lowest BCUT2D eigenvalue weighted by molar-refractivity contribution is 0.910. The Balaban J connectivity index is 2.43. The van der Waals surface area contributed by atoms with Gasteiger partial charge in [0, 0.05) is 24.7 Å². The van der Waals surface area contributed by atoms with Crippen LogP contribution in [0.25, 0.3) is 17.0 Å². The van der Waals surface area contributed by atoms with E-state index in [1.807, 2.05) is 6.92 Å². The summed E-state index contributed by atoms with van der Waals surface area (Å²) in [4.78, 5) is 21.2. The van der Waals surface area contributed by atoms with Crippen molar-refractivity contribution in [3.8, 4) is 11.4 Å². The molecule has 0 aliphatic heterocycles. The lowest BCUT2D eigenvalue weighted by Crippen LogP contribution is -2.06. The van der Waals surface area contributed by atoms with E-state index in [0.717, 1.165) is 11.3 Å². The maximum atomic E-state index is 11.3. The van der Waals surface area contributed by atoms with Crippen LogP contribution in [0.15, 0.2) is 29.5 Å². The highest BCUT2D eigenvalue weighted by molar-refractivity contribution is 5.74. The molecule has 3 aromatic heterocycles. The molecule has 80 valence electrons. The fraction of sp³-hybridized carbons (Fsp3) is 0.100. The predicted molar refractivity (Wildman–Crippen MR) is 58.1 cm³/mol. The number of fused-ring (bicyclic) bond motifs is 1. The summed E-state index contributed by atoms with van der Waals surface area (Å²) in [7, 11) is 0. The second kappa shape index (κ2) is 3.06. The van der Waals surface area contributed by atoms with Crippen LogP contribution < -0.4 is 5.56 Å². The third-order valence-electron chi connectivity index (χ3n) is 2.43. The number of hydrogen-bond acceptors (Lipinski definition) is 3. The van der Waals surface area contributed by atoms with Crippen LogP contribution in [-0.2, 0) is 0 Å². The molecular formula is C10H9N5O. The van der Waals surface area contributed by atoms with E-state index in [0.29, 0.717) is 11.5 Å². The molecule has 0 amide bonds. The van der Waals surface area contributed by atoms with Gasteiger partial charge < -0.3 is 9.97 Å². The topological polar surface area (TPSA) is 78.8 Å². The van der Waals surface area contributed by atoms with Crippen molar-refractivity contribution in [3.05, 3.63) is 40.7 Å². The van der Waals surface area contributed by atoms with E-state index in [-0.39, 0.29) is 5.56 Å². The minimum atomic E-state index is -0.153. The lowest BCUT2D eigenvalue weighted by atomic mass is 10.2. The Kier molecular flexibility index (Phi) is 1.70. The highest BCUT2D eigenvalue weighted by Gasteiger charge is 2.13. The Morgan fingerprint density at radius 2 is 2.31 bits per heavy atom. The molecule has 0 saturated heterocycles. The van der Waals surface area contributed by atoms with Gasteiger partial charge in [-0.05, 0) is 6.92 Å². The van der Waals surface area contributed by atoms with E-state index in [2.05, 4.69) is 20.1 Å². The van der Waals surface area contributed by atoms with E-state index in [9.17, 15) is 4.79 Å². The van der Waals surface area contributed by atoms with Crippen molar-refractivity contribution >= 4 is 5.65 Å². The van der Waals surface area contributed by atoms with Crippen molar-refractivity contribution in [3.63, 3.8) is 0 Å². The van der Waals surface area contributed by atoms with Crippen LogP contribution in [0.4, 0.5) is 0 Å². The molecule has 0 spiro atoms. The van der Waals surface area contributed by atoms with Gasteiger partial charge in [-0.3, -0.25) is 4.79 Å². The average Bonchev–Trinajstić information content (AvgIpc) is 2.83. The number of aromatic amines is 2. The van der Waals surface area contributed by atoms with Crippen molar-refractivity contribution < 1.29 is 0 Å². The lowest BCUT2D eigenvalue weighted by Gasteiger charge is -1.95. The van der Waals surface area contributed by atoms with Crippen LogP contribution in [0.2, 0.25) is 0 Å². The largest absolute Gasteiger partial charge is 0.344 e. The van der Waals surface area contributed by atoms with Gasteiger partial charge in [0.25, 0.3) is 5.56 Å². The molecule has 6 heteroatoms. The molecule has 3 aromatic rings. The number of imidazole rings is 1. The molecule has 0 aliphatic rings. The van der Waals surface area contributed by atoms with Gasteiger partial charge in [-0.1, -0.05) is 0 Å². The van der Waals surface area contributed by atoms with E-state index < -0.39 is 0 Å². The first kappa shape index (κ1) is 8.90. The number of aromatic nitrogens is 5. The van der Waals surface area contributed by atoms with E-state index in [1.165, 1.54) is 6.07 Å². The van der Waals surface area contributed by atoms with Gasteiger partial charge >= 0.3 is 0 Å². The highest BCUT2D eigenvalue weighted by Crippen LogP contribution is 2.22. The molecular weight excluding hydrogens is 206 g/mol. The Hall–Kier alpha value is -2.37. The summed E-state index contributed by atoms with van der Waals surface area (Å²) in [6.45, 7) is 1.88. The van der Waals surface area contributed by atoms with Crippen molar-refractivity contribution in [2.45, 2.75) is 6.92 Å².